The van der Waals surface area contributed by atoms with Crippen LogP contribution in [-0.2, 0) is 9.59 Å². The molecular weight excluding hydrogens is 325 g/mol. The number of ether oxygens (including phenoxy) is 1. The van der Waals surface area contributed by atoms with Gasteiger partial charge in [-0.15, -0.1) is 0 Å². The Balaban J connectivity index is 2.04. The Morgan fingerprint density at radius 3 is 2.16 bits per heavy atom. The zero-order valence-electron chi connectivity index (χ0n) is 14.0. The molecule has 25 heavy (non-hydrogen) atoms. The van der Waals surface area contributed by atoms with Crippen LogP contribution < -0.4 is 10.1 Å². The number of hydrogen-bond donors (Lipinski definition) is 2. The maximum Gasteiger partial charge on any atom is 0.330 e. The van der Waals surface area contributed by atoms with Crippen LogP contribution in [-0.4, -0.2) is 24.1 Å². The number of carboxylic acid groups (broad SMARTS) is 1. The molecule has 2 atom stereocenters. The van der Waals surface area contributed by atoms with Gasteiger partial charge in [-0.3, -0.25) is 4.79 Å². The van der Waals surface area contributed by atoms with Crippen LogP contribution in [0.4, 0.5) is 4.39 Å². The number of benzene rings is 2. The average Bonchev–Trinajstić information content (AvgIpc) is 2.60. The second-order valence-electron chi connectivity index (χ2n) is 5.77. The Hall–Kier alpha value is -2.89. The van der Waals surface area contributed by atoms with Crippen molar-refractivity contribution in [1.29, 1.82) is 0 Å². The first kappa shape index (κ1) is 18.4. The minimum Gasteiger partial charge on any atom is -0.497 e. The average molecular weight is 345 g/mol. The first-order chi connectivity index (χ1) is 11.9. The van der Waals surface area contributed by atoms with Gasteiger partial charge in [-0.05, 0) is 41.3 Å². The predicted octanol–water partition coefficient (Wildman–Crippen LogP) is 3.27. The van der Waals surface area contributed by atoms with Crippen molar-refractivity contribution < 1.29 is 23.8 Å². The standard InChI is InChI=1S/C19H20FNO4/c1-12(13-3-7-15(20)8-4-13)11-17(22)21-18(19(23)24)14-5-9-16(25-2)10-6-14/h3-10,12,18H,11H2,1-2H3,(H,21,22)(H,23,24). The number of aliphatic carboxylic acids is 1. The second-order valence-corrected chi connectivity index (χ2v) is 5.77. The summed E-state index contributed by atoms with van der Waals surface area (Å²) in [5.41, 5.74) is 1.27. The summed E-state index contributed by atoms with van der Waals surface area (Å²) in [5.74, 6) is -1.44. The van der Waals surface area contributed by atoms with Gasteiger partial charge in [0.05, 0.1) is 7.11 Å². The van der Waals surface area contributed by atoms with E-state index in [1.165, 1.54) is 19.2 Å². The molecule has 0 saturated heterocycles. The van der Waals surface area contributed by atoms with Crippen LogP contribution in [0.25, 0.3) is 0 Å². The van der Waals surface area contributed by atoms with Crippen LogP contribution >= 0.6 is 0 Å². The highest BCUT2D eigenvalue weighted by Gasteiger charge is 2.23. The van der Waals surface area contributed by atoms with Gasteiger partial charge >= 0.3 is 5.97 Å². The van der Waals surface area contributed by atoms with E-state index in [0.29, 0.717) is 11.3 Å². The van der Waals surface area contributed by atoms with E-state index in [0.717, 1.165) is 5.56 Å². The first-order valence-corrected chi connectivity index (χ1v) is 7.82. The molecule has 0 radical (unpaired) electrons. The lowest BCUT2D eigenvalue weighted by molar-refractivity contribution is -0.142. The van der Waals surface area contributed by atoms with Crippen molar-refractivity contribution in [2.24, 2.45) is 0 Å². The number of carbonyl (C=O) groups excluding carboxylic acids is 1. The van der Waals surface area contributed by atoms with Gasteiger partial charge in [-0.25, -0.2) is 9.18 Å². The lowest BCUT2D eigenvalue weighted by Gasteiger charge is -2.17. The van der Waals surface area contributed by atoms with Crippen molar-refractivity contribution in [2.75, 3.05) is 7.11 Å². The molecule has 2 aromatic rings. The van der Waals surface area contributed by atoms with Crippen LogP contribution in [0.15, 0.2) is 48.5 Å². The van der Waals surface area contributed by atoms with E-state index in [9.17, 15) is 19.1 Å². The fourth-order valence-electron chi connectivity index (χ4n) is 2.49. The lowest BCUT2D eigenvalue weighted by atomic mass is 9.97. The maximum atomic E-state index is 13.0. The van der Waals surface area contributed by atoms with E-state index >= 15 is 0 Å². The van der Waals surface area contributed by atoms with Gasteiger partial charge in [0.2, 0.25) is 5.91 Å². The van der Waals surface area contributed by atoms with E-state index in [-0.39, 0.29) is 24.1 Å². The molecule has 0 heterocycles. The summed E-state index contributed by atoms with van der Waals surface area (Å²) in [6.07, 6.45) is 0.103. The van der Waals surface area contributed by atoms with Crippen LogP contribution in [0, 0.1) is 5.82 Å². The largest absolute Gasteiger partial charge is 0.497 e. The monoisotopic (exact) mass is 345 g/mol. The van der Waals surface area contributed by atoms with Crippen molar-refractivity contribution in [3.8, 4) is 5.75 Å². The summed E-state index contributed by atoms with van der Waals surface area (Å²) in [7, 11) is 1.52. The molecule has 5 nitrogen and oxygen atoms in total. The van der Waals surface area contributed by atoms with Crippen molar-refractivity contribution in [3.63, 3.8) is 0 Å². The third-order valence-electron chi connectivity index (χ3n) is 3.93. The molecule has 2 aromatic carbocycles. The second kappa shape index (κ2) is 8.28. The van der Waals surface area contributed by atoms with E-state index in [4.69, 9.17) is 4.74 Å². The SMILES string of the molecule is COc1ccc(C(NC(=O)CC(C)c2ccc(F)cc2)C(=O)O)cc1. The summed E-state index contributed by atoms with van der Waals surface area (Å²) in [5, 5.41) is 11.9. The van der Waals surface area contributed by atoms with Gasteiger partial charge in [-0.1, -0.05) is 31.2 Å². The van der Waals surface area contributed by atoms with Crippen molar-refractivity contribution >= 4 is 11.9 Å². The van der Waals surface area contributed by atoms with E-state index < -0.39 is 12.0 Å². The summed E-state index contributed by atoms with van der Waals surface area (Å²) in [6.45, 7) is 1.83. The fraction of sp³-hybridized carbons (Fsp3) is 0.263. The van der Waals surface area contributed by atoms with Crippen molar-refractivity contribution in [2.45, 2.75) is 25.3 Å². The van der Waals surface area contributed by atoms with Crippen molar-refractivity contribution in [1.82, 2.24) is 5.32 Å². The highest BCUT2D eigenvalue weighted by atomic mass is 19.1. The zero-order valence-corrected chi connectivity index (χ0v) is 14.0. The highest BCUT2D eigenvalue weighted by Crippen LogP contribution is 2.21. The Morgan fingerprint density at radius 2 is 1.64 bits per heavy atom. The minimum absolute atomic E-state index is 0.103. The number of rotatable bonds is 7. The summed E-state index contributed by atoms with van der Waals surface area (Å²) in [4.78, 5) is 23.7. The molecule has 0 aliphatic carbocycles. The molecule has 0 saturated carbocycles. The quantitative estimate of drug-likeness (QED) is 0.807. The number of methoxy groups -OCH3 is 1. The molecule has 6 heteroatoms. The number of hydrogen-bond acceptors (Lipinski definition) is 3. The Kier molecular flexibility index (Phi) is 6.11. The normalized spacial score (nSPS) is 12.9. The van der Waals surface area contributed by atoms with Gasteiger partial charge in [0.25, 0.3) is 0 Å². The van der Waals surface area contributed by atoms with Crippen LogP contribution in [0.2, 0.25) is 0 Å². The van der Waals surface area contributed by atoms with Gasteiger partial charge in [0, 0.05) is 6.42 Å². The molecule has 1 amide bonds. The van der Waals surface area contributed by atoms with Crippen LogP contribution in [0.5, 0.6) is 5.75 Å². The molecule has 0 bridgehead atoms. The number of halogens is 1. The highest BCUT2D eigenvalue weighted by molar-refractivity contribution is 5.85. The van der Waals surface area contributed by atoms with Gasteiger partial charge < -0.3 is 15.2 Å². The Labute approximate surface area is 145 Å². The molecule has 0 aromatic heterocycles. The van der Waals surface area contributed by atoms with E-state index in [1.54, 1.807) is 36.4 Å². The molecule has 2 rings (SSSR count). The molecule has 0 aliphatic heterocycles. The van der Waals surface area contributed by atoms with Crippen LogP contribution in [0.1, 0.15) is 36.4 Å². The Morgan fingerprint density at radius 1 is 1.08 bits per heavy atom. The Bertz CT molecular complexity index is 728. The van der Waals surface area contributed by atoms with Gasteiger partial charge in [0.1, 0.15) is 11.6 Å². The summed E-state index contributed by atoms with van der Waals surface area (Å²) < 4.78 is 18.0. The molecule has 2 unspecified atom stereocenters. The zero-order chi connectivity index (χ0) is 18.4. The van der Waals surface area contributed by atoms with E-state index in [1.807, 2.05) is 6.92 Å². The molecular formula is C19H20FNO4. The smallest absolute Gasteiger partial charge is 0.330 e. The third-order valence-corrected chi connectivity index (χ3v) is 3.93. The fourth-order valence-corrected chi connectivity index (χ4v) is 2.49. The molecule has 132 valence electrons. The first-order valence-electron chi connectivity index (χ1n) is 7.82. The minimum atomic E-state index is -1.15. The topological polar surface area (TPSA) is 75.6 Å². The van der Waals surface area contributed by atoms with E-state index in [2.05, 4.69) is 5.32 Å². The third kappa shape index (κ3) is 5.04. The number of nitrogens with one attached hydrogen (secondary N) is 1. The number of carboxylic acids is 1. The number of amides is 1. The molecule has 0 fully saturated rings. The maximum absolute atomic E-state index is 13.0. The van der Waals surface area contributed by atoms with Gasteiger partial charge in [-0.2, -0.15) is 0 Å². The predicted molar refractivity (Wildman–Crippen MR) is 90.9 cm³/mol. The molecule has 2 N–H and O–H groups in total. The van der Waals surface area contributed by atoms with Crippen LogP contribution in [0.3, 0.4) is 0 Å². The molecule has 0 aliphatic rings. The lowest BCUT2D eigenvalue weighted by Crippen LogP contribution is -2.34. The number of carbonyl (C=O) groups is 2. The summed E-state index contributed by atoms with van der Waals surface area (Å²) >= 11 is 0. The summed E-state index contributed by atoms with van der Waals surface area (Å²) in [6, 6.07) is 11.2. The van der Waals surface area contributed by atoms with Gasteiger partial charge in [0.15, 0.2) is 6.04 Å². The molecule has 0 spiro atoms. The van der Waals surface area contributed by atoms with Crippen molar-refractivity contribution in [3.05, 3.63) is 65.5 Å².